The lowest BCUT2D eigenvalue weighted by Gasteiger charge is -2.40. The zero-order valence-electron chi connectivity index (χ0n) is 50.6. The molecule has 1 saturated heterocycles. The van der Waals surface area contributed by atoms with Gasteiger partial charge in [-0.15, -0.1) is 0 Å². The van der Waals surface area contributed by atoms with Crippen molar-refractivity contribution in [3.8, 4) is 0 Å². The molecule has 1 rings (SSSR count). The zero-order valence-corrected chi connectivity index (χ0v) is 50.6. The van der Waals surface area contributed by atoms with Gasteiger partial charge in [0.2, 0.25) is 5.91 Å². The Morgan fingerprint density at radius 2 is 0.797 bits per heavy atom. The maximum Gasteiger partial charge on any atom is 0.220 e. The van der Waals surface area contributed by atoms with Crippen molar-refractivity contribution in [3.63, 3.8) is 0 Å². The summed E-state index contributed by atoms with van der Waals surface area (Å²) in [6.07, 6.45) is 78.9. The van der Waals surface area contributed by atoms with Gasteiger partial charge in [-0.25, -0.2) is 0 Å². The van der Waals surface area contributed by atoms with Crippen LogP contribution in [0.15, 0.2) is 109 Å². The number of amides is 1. The summed E-state index contributed by atoms with van der Waals surface area (Å²) in [5.74, 6) is -0.208. The maximum absolute atomic E-state index is 13.1. The molecule has 454 valence electrons. The number of hydrogen-bond donors (Lipinski definition) is 6. The molecule has 0 aromatic heterocycles. The van der Waals surface area contributed by atoms with E-state index < -0.39 is 49.5 Å². The van der Waals surface area contributed by atoms with E-state index in [1.165, 1.54) is 135 Å². The van der Waals surface area contributed by atoms with Gasteiger partial charge in [-0.3, -0.25) is 4.79 Å². The third kappa shape index (κ3) is 47.1. The Hall–Kier alpha value is -3.15. The van der Waals surface area contributed by atoms with Gasteiger partial charge >= 0.3 is 0 Å². The summed E-state index contributed by atoms with van der Waals surface area (Å²) < 4.78 is 11.3. The third-order valence-electron chi connectivity index (χ3n) is 14.8. The number of aliphatic hydroxyl groups is 5. The molecule has 9 heteroatoms. The fraction of sp³-hybridized carbons (Fsp3) is 0.729. The maximum atomic E-state index is 13.1. The number of ether oxygens (including phenoxy) is 2. The van der Waals surface area contributed by atoms with Crippen molar-refractivity contribution in [3.05, 3.63) is 109 Å². The first-order valence-electron chi connectivity index (χ1n) is 32.6. The summed E-state index contributed by atoms with van der Waals surface area (Å²) in [5.41, 5.74) is 0. The zero-order chi connectivity index (χ0) is 57.2. The molecule has 7 atom stereocenters. The van der Waals surface area contributed by atoms with E-state index in [2.05, 4.69) is 116 Å². The monoisotopic (exact) mass is 1100 g/mol. The van der Waals surface area contributed by atoms with Crippen LogP contribution in [0.2, 0.25) is 0 Å². The highest BCUT2D eigenvalue weighted by Crippen LogP contribution is 2.23. The lowest BCUT2D eigenvalue weighted by atomic mass is 9.99. The van der Waals surface area contributed by atoms with Crippen molar-refractivity contribution in [2.24, 2.45) is 0 Å². The molecule has 6 N–H and O–H groups in total. The van der Waals surface area contributed by atoms with E-state index in [9.17, 15) is 30.3 Å². The molecule has 7 unspecified atom stereocenters. The summed E-state index contributed by atoms with van der Waals surface area (Å²) in [4.78, 5) is 13.1. The predicted octanol–water partition coefficient (Wildman–Crippen LogP) is 17.3. The number of aliphatic hydroxyl groups excluding tert-OH is 5. The molecule has 1 aliphatic heterocycles. The molecule has 0 bridgehead atoms. The van der Waals surface area contributed by atoms with Crippen LogP contribution in [0, 0.1) is 0 Å². The Morgan fingerprint density at radius 1 is 0.443 bits per heavy atom. The van der Waals surface area contributed by atoms with Gasteiger partial charge < -0.3 is 40.3 Å². The van der Waals surface area contributed by atoms with E-state index in [1.807, 2.05) is 6.08 Å². The number of nitrogens with one attached hydrogen (secondary N) is 1. The second kappa shape index (κ2) is 58.1. The van der Waals surface area contributed by atoms with Crippen molar-refractivity contribution in [1.29, 1.82) is 0 Å². The second-order valence-corrected chi connectivity index (χ2v) is 22.2. The van der Waals surface area contributed by atoms with Gasteiger partial charge in [-0.1, -0.05) is 277 Å². The van der Waals surface area contributed by atoms with Gasteiger partial charge in [0.1, 0.15) is 24.4 Å². The molecule has 0 aromatic rings. The lowest BCUT2D eigenvalue weighted by Crippen LogP contribution is -2.60. The Morgan fingerprint density at radius 3 is 1.22 bits per heavy atom. The van der Waals surface area contributed by atoms with Crippen LogP contribution < -0.4 is 5.32 Å². The van der Waals surface area contributed by atoms with E-state index in [0.29, 0.717) is 6.42 Å². The van der Waals surface area contributed by atoms with E-state index in [1.54, 1.807) is 6.08 Å². The van der Waals surface area contributed by atoms with Crippen molar-refractivity contribution in [1.82, 2.24) is 5.32 Å². The van der Waals surface area contributed by atoms with Gasteiger partial charge in [0, 0.05) is 6.42 Å². The smallest absolute Gasteiger partial charge is 0.220 e. The molecule has 0 saturated carbocycles. The Kier molecular flexibility index (Phi) is 54.3. The second-order valence-electron chi connectivity index (χ2n) is 22.2. The number of rotatable bonds is 55. The molecule has 1 heterocycles. The minimum absolute atomic E-state index is 0.208. The minimum Gasteiger partial charge on any atom is -0.394 e. The topological polar surface area (TPSA) is 149 Å². The van der Waals surface area contributed by atoms with Gasteiger partial charge in [-0.05, 0) is 96.3 Å². The molecular formula is C70H121NO8. The van der Waals surface area contributed by atoms with Gasteiger partial charge in [0.05, 0.1) is 25.4 Å². The molecule has 0 spiro atoms. The number of carbonyl (C=O) groups is 1. The average molecular weight is 1100 g/mol. The van der Waals surface area contributed by atoms with Crippen LogP contribution >= 0.6 is 0 Å². The van der Waals surface area contributed by atoms with Gasteiger partial charge in [0.25, 0.3) is 0 Å². The number of carbonyl (C=O) groups excluding carboxylic acids is 1. The standard InChI is InChI=1S/C70H121NO8/c1-3-5-7-9-11-13-15-17-19-21-23-25-27-29-30-31-32-33-34-36-37-39-41-43-45-47-49-51-53-55-57-59-64(73)63(62-78-70-69(77)68(76)67(75)65(61-72)79-70)71-66(74)60-58-56-54-52-50-48-46-44-42-40-38-35-28-26-24-22-20-18-16-14-12-10-8-6-4-2/h6,8,12,14,18,20,24,26,35,38,41-44,49,51,57,59,63-65,67-70,72-73,75-77H,3-5,7,9-11,13,15-17,19,21-23,25,27-34,36-37,39-40,45-48,50,52-56,58,60-62H2,1-2H3,(H,71,74)/b8-6-,14-12-,20-18-,26-24-,38-35-,43-41+,44-42-,51-49+,59-57+. The van der Waals surface area contributed by atoms with Crippen LogP contribution in [0.1, 0.15) is 271 Å². The first kappa shape index (κ1) is 73.9. The molecule has 1 fully saturated rings. The van der Waals surface area contributed by atoms with Crippen LogP contribution in [0.3, 0.4) is 0 Å². The van der Waals surface area contributed by atoms with E-state index in [0.717, 1.165) is 116 Å². The summed E-state index contributed by atoms with van der Waals surface area (Å²) in [5, 5.41) is 54.6. The Balaban J connectivity index is 2.23. The van der Waals surface area contributed by atoms with Crippen molar-refractivity contribution in [2.45, 2.75) is 314 Å². The third-order valence-corrected chi connectivity index (χ3v) is 14.8. The fourth-order valence-electron chi connectivity index (χ4n) is 9.72. The Bertz CT molecular complexity index is 1610. The predicted molar refractivity (Wildman–Crippen MR) is 336 cm³/mol. The highest BCUT2D eigenvalue weighted by atomic mass is 16.7. The van der Waals surface area contributed by atoms with Gasteiger partial charge in [-0.2, -0.15) is 0 Å². The average Bonchev–Trinajstić information content (AvgIpc) is 3.47. The number of unbranched alkanes of at least 4 members (excludes halogenated alkanes) is 29. The van der Waals surface area contributed by atoms with Crippen molar-refractivity contribution < 1.29 is 39.8 Å². The normalized spacial score (nSPS) is 19.3. The molecule has 79 heavy (non-hydrogen) atoms. The summed E-state index contributed by atoms with van der Waals surface area (Å²) in [6.45, 7) is 3.65. The first-order valence-corrected chi connectivity index (χ1v) is 32.6. The molecule has 0 radical (unpaired) electrons. The van der Waals surface area contributed by atoms with Gasteiger partial charge in [0.15, 0.2) is 6.29 Å². The molecule has 1 amide bonds. The van der Waals surface area contributed by atoms with E-state index in [-0.39, 0.29) is 12.5 Å². The van der Waals surface area contributed by atoms with Crippen LogP contribution in [0.5, 0.6) is 0 Å². The molecular weight excluding hydrogens is 983 g/mol. The Labute approximate surface area is 485 Å². The lowest BCUT2D eigenvalue weighted by molar-refractivity contribution is -0.302. The SMILES string of the molecule is CC/C=C\C/C=C\C/C=C\C/C=C\C/C=C\C/C=C\CCCCCCCCC(=O)NC(COC1OC(CO)C(O)C(O)C1O)C(O)/C=C/CC/C=C/CC/C=C/CCCCCCCCCCCCCCCCCCCCCCC. The van der Waals surface area contributed by atoms with Crippen LogP contribution in [0.4, 0.5) is 0 Å². The van der Waals surface area contributed by atoms with Crippen molar-refractivity contribution >= 4 is 5.91 Å². The van der Waals surface area contributed by atoms with Crippen LogP contribution in [-0.4, -0.2) is 87.5 Å². The molecule has 9 nitrogen and oxygen atoms in total. The molecule has 0 aromatic carbocycles. The molecule has 1 aliphatic rings. The quantitative estimate of drug-likeness (QED) is 0.0261. The summed E-state index contributed by atoms with van der Waals surface area (Å²) >= 11 is 0. The van der Waals surface area contributed by atoms with Crippen LogP contribution in [-0.2, 0) is 14.3 Å². The number of allylic oxidation sites excluding steroid dienone is 17. The van der Waals surface area contributed by atoms with Crippen molar-refractivity contribution in [2.75, 3.05) is 13.2 Å². The van der Waals surface area contributed by atoms with E-state index in [4.69, 9.17) is 9.47 Å². The first-order chi connectivity index (χ1) is 38.8. The highest BCUT2D eigenvalue weighted by molar-refractivity contribution is 5.76. The fourth-order valence-corrected chi connectivity index (χ4v) is 9.72. The highest BCUT2D eigenvalue weighted by Gasteiger charge is 2.44. The summed E-state index contributed by atoms with van der Waals surface area (Å²) in [6, 6.07) is -0.846. The van der Waals surface area contributed by atoms with E-state index >= 15 is 0 Å². The summed E-state index contributed by atoms with van der Waals surface area (Å²) in [7, 11) is 0. The van der Waals surface area contributed by atoms with Crippen LogP contribution in [0.25, 0.3) is 0 Å². The minimum atomic E-state index is -1.59. The molecule has 0 aliphatic carbocycles. The largest absolute Gasteiger partial charge is 0.394 e. The number of hydrogen-bond acceptors (Lipinski definition) is 8.